The number of hydrogen-bond donors (Lipinski definition) is 1. The molecule has 0 bridgehead atoms. The summed E-state index contributed by atoms with van der Waals surface area (Å²) in [7, 11) is 4.02. The Kier molecular flexibility index (Phi) is 5.24. The fourth-order valence-electron chi connectivity index (χ4n) is 4.10. The number of benzene rings is 1. The Morgan fingerprint density at radius 2 is 1.93 bits per heavy atom. The molecule has 2 unspecified atom stereocenters. The monoisotopic (exact) mass is 392 g/mol. The lowest BCUT2D eigenvalue weighted by Crippen LogP contribution is -2.41. The second-order valence-corrected chi connectivity index (χ2v) is 8.03. The number of nitrogens with one attached hydrogen (secondary N) is 1. The Morgan fingerprint density at radius 1 is 1.17 bits per heavy atom. The maximum absolute atomic E-state index is 13.1. The molecule has 1 fully saturated rings. The quantitative estimate of drug-likeness (QED) is 0.741. The van der Waals surface area contributed by atoms with Gasteiger partial charge in [-0.2, -0.15) is 5.10 Å². The van der Waals surface area contributed by atoms with Crippen LogP contribution in [0.4, 0.5) is 5.69 Å². The average Bonchev–Trinajstić information content (AvgIpc) is 3.28. The molecule has 1 N–H and O–H groups in total. The Morgan fingerprint density at radius 3 is 2.55 bits per heavy atom. The highest BCUT2D eigenvalue weighted by Gasteiger charge is 2.34. The zero-order valence-corrected chi connectivity index (χ0v) is 17.5. The minimum Gasteiger partial charge on any atom is -0.326 e. The molecule has 152 valence electrons. The molecule has 0 radical (unpaired) electrons. The number of nitrogens with zero attached hydrogens (tertiary/aromatic N) is 5. The molecule has 2 aromatic heterocycles. The summed E-state index contributed by atoms with van der Waals surface area (Å²) >= 11 is 0. The summed E-state index contributed by atoms with van der Waals surface area (Å²) in [5, 5.41) is 7.42. The molecule has 29 heavy (non-hydrogen) atoms. The SMILES string of the molecule is Cc1ncn(-c2ccc(NC(=O)C3CCN(C)CC3c3cnn(C)c3)cc2)c1C. The van der Waals surface area contributed by atoms with E-state index in [1.54, 1.807) is 4.68 Å². The van der Waals surface area contributed by atoms with Crippen LogP contribution in [-0.2, 0) is 11.8 Å². The van der Waals surface area contributed by atoms with Crippen molar-refractivity contribution in [1.82, 2.24) is 24.2 Å². The normalized spacial score (nSPS) is 20.0. The first-order valence-electron chi connectivity index (χ1n) is 10.0. The first-order valence-corrected chi connectivity index (χ1v) is 10.0. The van der Waals surface area contributed by atoms with Crippen molar-refractivity contribution in [2.45, 2.75) is 26.2 Å². The van der Waals surface area contributed by atoms with Crippen LogP contribution >= 0.6 is 0 Å². The van der Waals surface area contributed by atoms with Crippen LogP contribution in [0.25, 0.3) is 5.69 Å². The van der Waals surface area contributed by atoms with E-state index in [-0.39, 0.29) is 17.7 Å². The first kappa shape index (κ1) is 19.4. The Balaban J connectivity index is 1.49. The van der Waals surface area contributed by atoms with Gasteiger partial charge in [0.1, 0.15) is 0 Å². The summed E-state index contributed by atoms with van der Waals surface area (Å²) in [4.78, 5) is 19.7. The third-order valence-electron chi connectivity index (χ3n) is 5.97. The van der Waals surface area contributed by atoms with Gasteiger partial charge < -0.3 is 14.8 Å². The van der Waals surface area contributed by atoms with Gasteiger partial charge in [-0.25, -0.2) is 4.98 Å². The zero-order chi connectivity index (χ0) is 20.5. The first-order chi connectivity index (χ1) is 13.9. The highest BCUT2D eigenvalue weighted by molar-refractivity contribution is 5.93. The van der Waals surface area contributed by atoms with E-state index in [2.05, 4.69) is 38.8 Å². The van der Waals surface area contributed by atoms with E-state index < -0.39 is 0 Å². The van der Waals surface area contributed by atoms with Gasteiger partial charge in [-0.15, -0.1) is 0 Å². The van der Waals surface area contributed by atoms with Gasteiger partial charge >= 0.3 is 0 Å². The number of rotatable bonds is 4. The molecular formula is C22H28N6O. The molecule has 3 heterocycles. The van der Waals surface area contributed by atoms with Gasteiger partial charge in [0, 0.05) is 48.7 Å². The Bertz CT molecular complexity index is 1000. The Hall–Kier alpha value is -2.93. The van der Waals surface area contributed by atoms with Crippen LogP contribution in [-0.4, -0.2) is 50.3 Å². The van der Waals surface area contributed by atoms with E-state index in [9.17, 15) is 4.79 Å². The number of amides is 1. The number of likely N-dealkylation sites (N-methyl/N-ethyl adjacent to an activating group) is 1. The molecule has 2 atom stereocenters. The maximum Gasteiger partial charge on any atom is 0.228 e. The second kappa shape index (κ2) is 7.83. The largest absolute Gasteiger partial charge is 0.326 e. The van der Waals surface area contributed by atoms with Crippen molar-refractivity contribution in [2.75, 3.05) is 25.5 Å². The highest BCUT2D eigenvalue weighted by atomic mass is 16.1. The number of carbonyl (C=O) groups is 1. The van der Waals surface area contributed by atoms with Crippen molar-refractivity contribution in [3.63, 3.8) is 0 Å². The molecule has 7 nitrogen and oxygen atoms in total. The van der Waals surface area contributed by atoms with Crippen molar-refractivity contribution >= 4 is 11.6 Å². The number of aromatic nitrogens is 4. The van der Waals surface area contributed by atoms with Gasteiger partial charge in [0.25, 0.3) is 0 Å². The average molecular weight is 393 g/mol. The molecule has 1 aliphatic heterocycles. The fourth-order valence-corrected chi connectivity index (χ4v) is 4.10. The molecule has 0 spiro atoms. The van der Waals surface area contributed by atoms with Crippen LogP contribution in [0.3, 0.4) is 0 Å². The van der Waals surface area contributed by atoms with Crippen molar-refractivity contribution < 1.29 is 4.79 Å². The van der Waals surface area contributed by atoms with Crippen molar-refractivity contribution in [3.8, 4) is 5.69 Å². The molecule has 4 rings (SSSR count). The van der Waals surface area contributed by atoms with E-state index >= 15 is 0 Å². The molecule has 1 aliphatic rings. The maximum atomic E-state index is 13.1. The molecule has 3 aromatic rings. The highest BCUT2D eigenvalue weighted by Crippen LogP contribution is 2.33. The van der Waals surface area contributed by atoms with Crippen LogP contribution in [0.2, 0.25) is 0 Å². The molecule has 0 saturated carbocycles. The summed E-state index contributed by atoms with van der Waals surface area (Å²) in [6, 6.07) is 7.93. The number of hydrogen-bond acceptors (Lipinski definition) is 4. The smallest absolute Gasteiger partial charge is 0.228 e. The van der Waals surface area contributed by atoms with Gasteiger partial charge in [-0.3, -0.25) is 9.48 Å². The lowest BCUT2D eigenvalue weighted by atomic mass is 9.81. The predicted molar refractivity (Wildman–Crippen MR) is 113 cm³/mol. The van der Waals surface area contributed by atoms with Gasteiger partial charge in [-0.05, 0) is 63.7 Å². The summed E-state index contributed by atoms with van der Waals surface area (Å²) in [6.07, 6.45) is 6.57. The van der Waals surface area contributed by atoms with E-state index in [1.165, 1.54) is 0 Å². The van der Waals surface area contributed by atoms with E-state index in [0.29, 0.717) is 0 Å². The van der Waals surface area contributed by atoms with Gasteiger partial charge in [-0.1, -0.05) is 0 Å². The van der Waals surface area contributed by atoms with E-state index in [4.69, 9.17) is 0 Å². The van der Waals surface area contributed by atoms with Crippen LogP contribution in [0.15, 0.2) is 43.0 Å². The summed E-state index contributed by atoms with van der Waals surface area (Å²) in [5.41, 5.74) is 5.12. The third kappa shape index (κ3) is 3.96. The van der Waals surface area contributed by atoms with Crippen molar-refractivity contribution in [3.05, 3.63) is 59.9 Å². The summed E-state index contributed by atoms with van der Waals surface area (Å²) in [6.45, 7) is 5.84. The van der Waals surface area contributed by atoms with Gasteiger partial charge in [0.2, 0.25) is 5.91 Å². The second-order valence-electron chi connectivity index (χ2n) is 8.03. The number of anilines is 1. The standard InChI is InChI=1S/C22H28N6O/c1-15-16(2)28(14-23-15)19-7-5-18(6-8-19)25-22(29)20-9-10-26(3)13-21(20)17-11-24-27(4)12-17/h5-8,11-12,14,20-21H,9-10,13H2,1-4H3,(H,25,29). The van der Waals surface area contributed by atoms with Crippen molar-refractivity contribution in [1.29, 1.82) is 0 Å². The summed E-state index contributed by atoms with van der Waals surface area (Å²) in [5.74, 6) is 0.168. The lowest BCUT2D eigenvalue weighted by Gasteiger charge is -2.35. The number of piperidine rings is 1. The van der Waals surface area contributed by atoms with Crippen LogP contribution in [0.1, 0.15) is 29.3 Å². The predicted octanol–water partition coefficient (Wildman–Crippen LogP) is 2.90. The topological polar surface area (TPSA) is 68.0 Å². The number of aryl methyl sites for hydroxylation is 2. The van der Waals surface area contributed by atoms with Crippen molar-refractivity contribution in [2.24, 2.45) is 13.0 Å². The van der Waals surface area contributed by atoms with Gasteiger partial charge in [0.15, 0.2) is 0 Å². The van der Waals surface area contributed by atoms with E-state index in [1.807, 2.05) is 57.0 Å². The number of carbonyl (C=O) groups excluding carboxylic acids is 1. The molecule has 1 amide bonds. The number of likely N-dealkylation sites (tertiary alicyclic amines) is 1. The molecule has 0 aliphatic carbocycles. The lowest BCUT2D eigenvalue weighted by molar-refractivity contribution is -0.121. The van der Waals surface area contributed by atoms with Crippen LogP contribution < -0.4 is 5.32 Å². The van der Waals surface area contributed by atoms with Gasteiger partial charge in [0.05, 0.1) is 18.2 Å². The van der Waals surface area contributed by atoms with E-state index in [0.717, 1.165) is 47.8 Å². The fraction of sp³-hybridized carbons (Fsp3) is 0.409. The molecule has 7 heteroatoms. The molecule has 1 aromatic carbocycles. The summed E-state index contributed by atoms with van der Waals surface area (Å²) < 4.78 is 3.85. The number of imidazole rings is 1. The molecule has 1 saturated heterocycles. The molecular weight excluding hydrogens is 364 g/mol. The zero-order valence-electron chi connectivity index (χ0n) is 17.5. The third-order valence-corrected chi connectivity index (χ3v) is 5.97. The minimum absolute atomic E-state index is 0.0615. The van der Waals surface area contributed by atoms with Crippen LogP contribution in [0, 0.1) is 19.8 Å². The minimum atomic E-state index is -0.0615. The van der Waals surface area contributed by atoms with Crippen LogP contribution in [0.5, 0.6) is 0 Å². The Labute approximate surface area is 171 Å².